The number of hydrogen-bond acceptors (Lipinski definition) is 1. The van der Waals surface area contributed by atoms with Crippen LogP contribution in [0.2, 0.25) is 0 Å². The van der Waals surface area contributed by atoms with Gasteiger partial charge in [-0.3, -0.25) is 4.79 Å². The van der Waals surface area contributed by atoms with Crippen molar-refractivity contribution in [1.82, 2.24) is 0 Å². The molecule has 1 amide bonds. The fraction of sp³-hybridized carbons (Fsp3) is 0.0714. The summed E-state index contributed by atoms with van der Waals surface area (Å²) in [5, 5.41) is 2.94. The lowest BCUT2D eigenvalue weighted by atomic mass is 10.1. The predicted molar refractivity (Wildman–Crippen MR) is 91.0 cm³/mol. The second-order valence-electron chi connectivity index (χ2n) is 3.92. The lowest BCUT2D eigenvalue weighted by Gasteiger charge is -2.09. The zero-order valence-electron chi connectivity index (χ0n) is 9.71. The number of aryl methyl sites for hydroxylation is 1. The molecule has 2 aromatic rings. The van der Waals surface area contributed by atoms with E-state index in [1.165, 1.54) is 0 Å². The van der Waals surface area contributed by atoms with Gasteiger partial charge in [0.2, 0.25) is 0 Å². The first-order chi connectivity index (χ1) is 8.56. The topological polar surface area (TPSA) is 29.1 Å². The molecule has 0 aliphatic heterocycles. The number of benzene rings is 2. The van der Waals surface area contributed by atoms with Crippen LogP contribution in [0.3, 0.4) is 0 Å². The van der Waals surface area contributed by atoms with Crippen LogP contribution < -0.4 is 5.32 Å². The second kappa shape index (κ2) is 6.01. The van der Waals surface area contributed by atoms with Gasteiger partial charge >= 0.3 is 0 Å². The van der Waals surface area contributed by atoms with Crippen LogP contribution in [0.25, 0.3) is 0 Å². The Balaban J connectivity index is 2.21. The monoisotopic (exact) mass is 463 g/mol. The summed E-state index contributed by atoms with van der Waals surface area (Å²) in [5.41, 5.74) is 2.61. The molecule has 0 spiro atoms. The van der Waals surface area contributed by atoms with E-state index in [4.69, 9.17) is 0 Å². The molecule has 4 heteroatoms. The lowest BCUT2D eigenvalue weighted by molar-refractivity contribution is 0.102. The number of hydrogen-bond donors (Lipinski definition) is 1. The zero-order chi connectivity index (χ0) is 13.1. The van der Waals surface area contributed by atoms with Crippen LogP contribution in [0.15, 0.2) is 42.5 Å². The Morgan fingerprint density at radius 1 is 1.06 bits per heavy atom. The fourth-order valence-electron chi connectivity index (χ4n) is 1.59. The van der Waals surface area contributed by atoms with Crippen molar-refractivity contribution < 1.29 is 4.79 Å². The summed E-state index contributed by atoms with van der Waals surface area (Å²) in [6.07, 6.45) is 0. The molecule has 1 N–H and O–H groups in total. The SMILES string of the molecule is Cc1cc(I)ccc1NC(=O)c1cccc(I)c1. The molecule has 0 unspecified atom stereocenters. The summed E-state index contributed by atoms with van der Waals surface area (Å²) in [7, 11) is 0. The predicted octanol–water partition coefficient (Wildman–Crippen LogP) is 4.46. The number of rotatable bonds is 2. The number of carbonyl (C=O) groups is 1. The van der Waals surface area contributed by atoms with Gasteiger partial charge in [0.25, 0.3) is 5.91 Å². The Hall–Kier alpha value is -0.630. The Morgan fingerprint density at radius 3 is 2.44 bits per heavy atom. The molecule has 0 atom stereocenters. The van der Waals surface area contributed by atoms with Gasteiger partial charge in [0.05, 0.1) is 0 Å². The largest absolute Gasteiger partial charge is 0.322 e. The summed E-state index contributed by atoms with van der Waals surface area (Å²) >= 11 is 4.46. The van der Waals surface area contributed by atoms with Gasteiger partial charge in [-0.05, 0) is 94.1 Å². The van der Waals surface area contributed by atoms with Crippen LogP contribution in [0, 0.1) is 14.1 Å². The van der Waals surface area contributed by atoms with E-state index in [-0.39, 0.29) is 5.91 Å². The van der Waals surface area contributed by atoms with Crippen LogP contribution in [0.4, 0.5) is 5.69 Å². The van der Waals surface area contributed by atoms with Gasteiger partial charge in [0, 0.05) is 18.4 Å². The number of anilines is 1. The molecule has 2 aromatic carbocycles. The third-order valence-electron chi connectivity index (χ3n) is 2.52. The molecule has 0 saturated heterocycles. The first-order valence-corrected chi connectivity index (χ1v) is 7.55. The van der Waals surface area contributed by atoms with E-state index in [0.29, 0.717) is 5.56 Å². The average Bonchev–Trinajstić information content (AvgIpc) is 2.32. The van der Waals surface area contributed by atoms with Gasteiger partial charge < -0.3 is 5.32 Å². The summed E-state index contributed by atoms with van der Waals surface area (Å²) in [6, 6.07) is 13.5. The third-order valence-corrected chi connectivity index (χ3v) is 3.87. The maximum atomic E-state index is 12.1. The first-order valence-electron chi connectivity index (χ1n) is 5.39. The van der Waals surface area contributed by atoms with E-state index in [2.05, 4.69) is 50.5 Å². The van der Waals surface area contributed by atoms with E-state index in [1.54, 1.807) is 0 Å². The van der Waals surface area contributed by atoms with Gasteiger partial charge in [0.1, 0.15) is 0 Å². The molecule has 18 heavy (non-hydrogen) atoms. The Kier molecular flexibility index (Phi) is 4.60. The van der Waals surface area contributed by atoms with Gasteiger partial charge in [-0.1, -0.05) is 6.07 Å². The minimum atomic E-state index is -0.0715. The van der Waals surface area contributed by atoms with E-state index in [1.807, 2.05) is 49.4 Å². The average molecular weight is 463 g/mol. The third kappa shape index (κ3) is 3.44. The zero-order valence-corrected chi connectivity index (χ0v) is 14.0. The Morgan fingerprint density at radius 2 is 1.78 bits per heavy atom. The van der Waals surface area contributed by atoms with E-state index in [0.717, 1.165) is 18.4 Å². The summed E-state index contributed by atoms with van der Waals surface area (Å²) < 4.78 is 2.22. The highest BCUT2D eigenvalue weighted by molar-refractivity contribution is 14.1. The fourth-order valence-corrected chi connectivity index (χ4v) is 2.78. The highest BCUT2D eigenvalue weighted by Crippen LogP contribution is 2.19. The molecule has 92 valence electrons. The molecule has 0 heterocycles. The maximum absolute atomic E-state index is 12.1. The van der Waals surface area contributed by atoms with Crippen LogP contribution in [-0.2, 0) is 0 Å². The van der Waals surface area contributed by atoms with E-state index in [9.17, 15) is 4.79 Å². The molecule has 0 bridgehead atoms. The first kappa shape index (κ1) is 13.8. The number of nitrogens with one attached hydrogen (secondary N) is 1. The van der Waals surface area contributed by atoms with Crippen molar-refractivity contribution in [2.24, 2.45) is 0 Å². The highest BCUT2D eigenvalue weighted by atomic mass is 127. The normalized spacial score (nSPS) is 10.2. The van der Waals surface area contributed by atoms with E-state index >= 15 is 0 Å². The van der Waals surface area contributed by atoms with Crippen LogP contribution in [0.1, 0.15) is 15.9 Å². The minimum Gasteiger partial charge on any atom is -0.322 e. The summed E-state index contributed by atoms with van der Waals surface area (Å²) in [5.74, 6) is -0.0715. The van der Waals surface area contributed by atoms with Gasteiger partial charge in [-0.15, -0.1) is 0 Å². The standard InChI is InChI=1S/C14H11I2NO/c1-9-7-12(16)5-6-13(9)17-14(18)10-3-2-4-11(15)8-10/h2-8H,1H3,(H,17,18). The summed E-state index contributed by atoms with van der Waals surface area (Å²) in [4.78, 5) is 12.1. The molecule has 0 aromatic heterocycles. The highest BCUT2D eigenvalue weighted by Gasteiger charge is 2.07. The number of amides is 1. The lowest BCUT2D eigenvalue weighted by Crippen LogP contribution is -2.12. The van der Waals surface area contributed by atoms with Crippen molar-refractivity contribution in [2.45, 2.75) is 6.92 Å². The van der Waals surface area contributed by atoms with Crippen molar-refractivity contribution in [3.63, 3.8) is 0 Å². The quantitative estimate of drug-likeness (QED) is 0.656. The van der Waals surface area contributed by atoms with Gasteiger partial charge in [-0.2, -0.15) is 0 Å². The number of carbonyl (C=O) groups excluding carboxylic acids is 1. The number of halogens is 2. The van der Waals surface area contributed by atoms with E-state index < -0.39 is 0 Å². The second-order valence-corrected chi connectivity index (χ2v) is 6.41. The van der Waals surface area contributed by atoms with Crippen molar-refractivity contribution in [2.75, 3.05) is 5.32 Å². The Bertz CT molecular complexity index is 596. The molecule has 0 saturated carbocycles. The molecule has 0 aliphatic carbocycles. The molecule has 2 rings (SSSR count). The van der Waals surface area contributed by atoms with Crippen molar-refractivity contribution in [3.05, 3.63) is 60.7 Å². The van der Waals surface area contributed by atoms with Gasteiger partial charge in [0.15, 0.2) is 0 Å². The summed E-state index contributed by atoms with van der Waals surface area (Å²) in [6.45, 7) is 1.99. The molecule has 2 nitrogen and oxygen atoms in total. The smallest absolute Gasteiger partial charge is 0.255 e. The van der Waals surface area contributed by atoms with Crippen LogP contribution >= 0.6 is 45.2 Å². The molecule has 0 fully saturated rings. The molecule has 0 radical (unpaired) electrons. The van der Waals surface area contributed by atoms with Crippen molar-refractivity contribution in [3.8, 4) is 0 Å². The van der Waals surface area contributed by atoms with Crippen LogP contribution in [-0.4, -0.2) is 5.91 Å². The van der Waals surface area contributed by atoms with Crippen molar-refractivity contribution >= 4 is 56.8 Å². The van der Waals surface area contributed by atoms with Crippen molar-refractivity contribution in [1.29, 1.82) is 0 Å². The Labute approximate surface area is 133 Å². The maximum Gasteiger partial charge on any atom is 0.255 e. The minimum absolute atomic E-state index is 0.0715. The molecular weight excluding hydrogens is 452 g/mol. The molecular formula is C14H11I2NO. The van der Waals surface area contributed by atoms with Gasteiger partial charge in [-0.25, -0.2) is 0 Å². The molecule has 0 aliphatic rings. The van der Waals surface area contributed by atoms with Crippen LogP contribution in [0.5, 0.6) is 0 Å².